The van der Waals surface area contributed by atoms with Gasteiger partial charge in [0.25, 0.3) is 0 Å². The third kappa shape index (κ3) is 26.2. The quantitative estimate of drug-likeness (QED) is 0.133. The fraction of sp³-hybridized carbons (Fsp3) is 0.529. The maximum absolute atomic E-state index is 11.3. The summed E-state index contributed by atoms with van der Waals surface area (Å²) >= 11 is 0. The standard InChI is InChI=1S/3C34H48N2O2.2Fe/c3*1-31(2,3)21-16-25(33(7,8)9)29(37)27(18-21)35-23-14-13-15-24(20-23)36-28-19-22(32(4,5)6)17-26(30(28)38)34(10,11)12;;/h3*13-20,29-30,37-38H,1-12H3;;. The molecule has 3 aromatic rings. The number of aliphatic hydroxyl groups excluding tert-OH is 6. The van der Waals surface area contributed by atoms with E-state index in [1.165, 1.54) is 0 Å². The van der Waals surface area contributed by atoms with Crippen LogP contribution >= 0.6 is 0 Å². The monoisotopic (exact) mass is 1660 g/mol. The molecule has 634 valence electrons. The molecule has 0 spiro atoms. The minimum atomic E-state index is -0.770. The summed E-state index contributed by atoms with van der Waals surface area (Å²) in [6.07, 6.45) is 20.3. The van der Waals surface area contributed by atoms with Crippen molar-refractivity contribution in [2.24, 2.45) is 94.9 Å². The van der Waals surface area contributed by atoms with Gasteiger partial charge in [-0.15, -0.1) is 0 Å². The molecule has 0 saturated carbocycles. The predicted octanol–water partition coefficient (Wildman–Crippen LogP) is 25.4. The number of benzene rings is 3. The number of nitrogens with zero attached hydrogens (tertiary/aromatic N) is 6. The Labute approximate surface area is 721 Å². The van der Waals surface area contributed by atoms with Crippen LogP contribution in [0.5, 0.6) is 0 Å². The van der Waals surface area contributed by atoms with E-state index >= 15 is 0 Å². The zero-order valence-electron chi connectivity index (χ0n) is 77.4. The number of rotatable bonds is 6. The van der Waals surface area contributed by atoms with Crippen molar-refractivity contribution < 1.29 is 64.8 Å². The van der Waals surface area contributed by atoms with E-state index in [1.54, 1.807) is 0 Å². The van der Waals surface area contributed by atoms with E-state index < -0.39 is 36.6 Å². The van der Waals surface area contributed by atoms with Crippen LogP contribution in [0.25, 0.3) is 0 Å². The van der Waals surface area contributed by atoms with Crippen LogP contribution in [-0.4, -0.2) is 102 Å². The summed E-state index contributed by atoms with van der Waals surface area (Å²) in [5.41, 5.74) is 19.2. The van der Waals surface area contributed by atoms with E-state index in [0.29, 0.717) is 34.3 Å². The number of hydrogen-bond acceptors (Lipinski definition) is 12. The molecule has 0 aliphatic heterocycles. The molecule has 6 unspecified atom stereocenters. The van der Waals surface area contributed by atoms with E-state index in [9.17, 15) is 30.6 Å². The Hall–Kier alpha value is -6.64. The Kier molecular flexibility index (Phi) is 31.3. The van der Waals surface area contributed by atoms with Crippen molar-refractivity contribution in [2.75, 3.05) is 0 Å². The van der Waals surface area contributed by atoms with Crippen molar-refractivity contribution in [2.45, 2.75) is 286 Å². The van der Waals surface area contributed by atoms with Gasteiger partial charge in [0.15, 0.2) is 0 Å². The zero-order valence-corrected chi connectivity index (χ0v) is 79.6. The van der Waals surface area contributed by atoms with Gasteiger partial charge in [-0.05, 0) is 223 Å². The first kappa shape index (κ1) is 99.9. The van der Waals surface area contributed by atoms with E-state index in [4.69, 9.17) is 30.0 Å². The topological polar surface area (TPSA) is 196 Å². The van der Waals surface area contributed by atoms with Gasteiger partial charge in [-0.2, -0.15) is 0 Å². The third-order valence-corrected chi connectivity index (χ3v) is 21.6. The molecular weight excluding hydrogens is 1520 g/mol. The minimum Gasteiger partial charge on any atom is -0.382 e. The van der Waals surface area contributed by atoms with Gasteiger partial charge in [-0.1, -0.05) is 304 Å². The molecule has 6 aliphatic carbocycles. The number of aliphatic hydroxyl groups is 6. The molecule has 0 bridgehead atoms. The summed E-state index contributed by atoms with van der Waals surface area (Å²) in [5.74, 6) is 0. The average molecular weight is 1660 g/mol. The van der Waals surface area contributed by atoms with Gasteiger partial charge in [0, 0.05) is 34.1 Å². The molecule has 0 radical (unpaired) electrons. The normalized spacial score (nSPS) is 23.3. The Morgan fingerprint density at radius 2 is 0.293 bits per heavy atom. The van der Waals surface area contributed by atoms with Crippen LogP contribution in [0.2, 0.25) is 0 Å². The molecule has 0 aromatic heterocycles. The van der Waals surface area contributed by atoms with Crippen LogP contribution in [0.1, 0.15) is 249 Å². The Morgan fingerprint density at radius 1 is 0.181 bits per heavy atom. The average Bonchev–Trinajstić information content (AvgIpc) is 0.807. The largest absolute Gasteiger partial charge is 0.382 e. The first-order valence-electron chi connectivity index (χ1n) is 41.1. The van der Waals surface area contributed by atoms with Crippen LogP contribution in [-0.2, 0) is 34.1 Å². The number of allylic oxidation sites excluding steroid dienone is 12. The smallest absolute Gasteiger partial charge is 0.118 e. The second-order valence-electron chi connectivity index (χ2n) is 44.4. The molecule has 9 rings (SSSR count). The predicted molar refractivity (Wildman–Crippen MR) is 488 cm³/mol. The maximum Gasteiger partial charge on any atom is 0.118 e. The molecular formula is C102H144Fe2N6O6. The fourth-order valence-corrected chi connectivity index (χ4v) is 13.8. The summed E-state index contributed by atoms with van der Waals surface area (Å²) in [4.78, 5) is 29.4. The summed E-state index contributed by atoms with van der Waals surface area (Å²) in [7, 11) is 0. The number of aliphatic imine (C=N–C) groups is 6. The van der Waals surface area contributed by atoms with Gasteiger partial charge < -0.3 is 30.6 Å². The van der Waals surface area contributed by atoms with Gasteiger partial charge in [0.2, 0.25) is 0 Å². The van der Waals surface area contributed by atoms with Crippen molar-refractivity contribution in [3.05, 3.63) is 213 Å². The first-order chi connectivity index (χ1) is 51.5. The molecule has 0 saturated heterocycles. The summed E-state index contributed by atoms with van der Waals surface area (Å²) in [6, 6.07) is 23.1. The van der Waals surface area contributed by atoms with E-state index in [0.717, 1.165) is 101 Å². The summed E-state index contributed by atoms with van der Waals surface area (Å²) in [6.45, 7) is 77.4. The second kappa shape index (κ2) is 36.4. The molecule has 6 N–H and O–H groups in total. The summed E-state index contributed by atoms with van der Waals surface area (Å²) in [5, 5.41) is 67.6. The van der Waals surface area contributed by atoms with Crippen molar-refractivity contribution in [3.63, 3.8) is 0 Å². The molecule has 6 atom stereocenters. The van der Waals surface area contributed by atoms with E-state index in [-0.39, 0.29) is 99.1 Å². The second-order valence-corrected chi connectivity index (χ2v) is 44.4. The Balaban J connectivity index is 0.000000308. The molecule has 116 heavy (non-hydrogen) atoms. The van der Waals surface area contributed by atoms with Gasteiger partial charge in [0.05, 0.1) is 68.4 Å². The Bertz CT molecular complexity index is 3970. The first-order valence-corrected chi connectivity index (χ1v) is 41.1. The van der Waals surface area contributed by atoms with Crippen LogP contribution in [0.3, 0.4) is 0 Å². The van der Waals surface area contributed by atoms with E-state index in [2.05, 4.69) is 286 Å². The molecule has 0 fully saturated rings. The number of hydrogen-bond donors (Lipinski definition) is 6. The SMILES string of the molecule is CC(C)(C)C1=CC(=Nc2cccc(N=C3C=C(C(C)(C)C)C=C(C(C)(C)C)C3O)c2)C(O)C(C(C)(C)C)=C1.CC(C)(C)C1=CC(=Nc2cccc(N=C3C=C(C(C)(C)C)C=C(C(C)(C)C)C3O)c2)C(O)C(C(C)(C)C)=C1.CC(C)(C)C1=CC(=Nc2cccc(N=C3C=C(C(C)(C)C)C=C(C(C)(C)C)C3O)c2)C(O)C(C(C)(C)C)=C1.[Fe].[Fe]. The van der Waals surface area contributed by atoms with Gasteiger partial charge in [-0.3, -0.25) is 30.0 Å². The van der Waals surface area contributed by atoms with Gasteiger partial charge in [0.1, 0.15) is 36.6 Å². The van der Waals surface area contributed by atoms with Crippen LogP contribution in [0.4, 0.5) is 34.1 Å². The maximum atomic E-state index is 11.3. The molecule has 6 aliphatic rings. The molecule has 0 amide bonds. The third-order valence-electron chi connectivity index (χ3n) is 21.6. The molecule has 12 nitrogen and oxygen atoms in total. The van der Waals surface area contributed by atoms with Crippen molar-refractivity contribution in [1.29, 1.82) is 0 Å². The van der Waals surface area contributed by atoms with Gasteiger partial charge >= 0.3 is 0 Å². The summed E-state index contributed by atoms with van der Waals surface area (Å²) < 4.78 is 0. The zero-order chi connectivity index (χ0) is 86.5. The van der Waals surface area contributed by atoms with Crippen LogP contribution in [0.15, 0.2) is 243 Å². The van der Waals surface area contributed by atoms with Crippen LogP contribution in [0, 0.1) is 65.0 Å². The minimum absolute atomic E-state index is 0. The van der Waals surface area contributed by atoms with Crippen molar-refractivity contribution >= 4 is 68.4 Å². The Morgan fingerprint density at radius 3 is 0.388 bits per heavy atom. The van der Waals surface area contributed by atoms with Gasteiger partial charge in [-0.25, -0.2) is 0 Å². The van der Waals surface area contributed by atoms with Crippen molar-refractivity contribution in [3.8, 4) is 0 Å². The molecule has 3 aromatic carbocycles. The van der Waals surface area contributed by atoms with E-state index in [1.807, 2.05) is 109 Å². The van der Waals surface area contributed by atoms with Crippen LogP contribution < -0.4 is 0 Å². The molecule has 0 heterocycles. The molecule has 14 heteroatoms. The fourth-order valence-electron chi connectivity index (χ4n) is 13.8. The van der Waals surface area contributed by atoms with Crippen molar-refractivity contribution in [1.82, 2.24) is 0 Å².